The Labute approximate surface area is 166 Å². The summed E-state index contributed by atoms with van der Waals surface area (Å²) >= 11 is 0. The smallest absolute Gasteiger partial charge is 0.331 e. The molecule has 5 unspecified atom stereocenters. The molecule has 150 valence electrons. The molecule has 0 aromatic heterocycles. The highest BCUT2D eigenvalue weighted by atomic mass is 16.6. The molecule has 1 N–H and O–H groups in total. The van der Waals surface area contributed by atoms with Crippen molar-refractivity contribution in [3.63, 3.8) is 0 Å². The first-order valence-electron chi connectivity index (χ1n) is 11.3. The third-order valence-electron chi connectivity index (χ3n) is 9.78. The third kappa shape index (κ3) is 1.91. The van der Waals surface area contributed by atoms with Gasteiger partial charge in [0, 0.05) is 30.3 Å². The largest absolute Gasteiger partial charge is 0.451 e. The number of aliphatic hydroxyl groups excluding tert-OH is 1. The monoisotopic (exact) mass is 382 g/mol. The van der Waals surface area contributed by atoms with Gasteiger partial charge in [-0.15, -0.1) is 0 Å². The summed E-state index contributed by atoms with van der Waals surface area (Å²) in [6.45, 7) is 2.39. The highest BCUT2D eigenvalue weighted by Crippen LogP contribution is 2.78. The van der Waals surface area contributed by atoms with Gasteiger partial charge in [-0.3, -0.25) is 4.79 Å². The molecule has 1 aliphatic heterocycles. The second-order valence-electron chi connectivity index (χ2n) is 10.3. The van der Waals surface area contributed by atoms with Gasteiger partial charge < -0.3 is 9.84 Å². The molecule has 6 aliphatic rings. The molecule has 0 radical (unpaired) electrons. The second-order valence-corrected chi connectivity index (χ2v) is 10.3. The molecular formula is C24H30O4. The standard InChI is InChI=1S/C24H30O4/c1-2-23-7-5-16-15-4-3-14(26)10-17(15)13(12-25)9-18(16)22(23)19-11-20(19)24(23)8-6-21(27)28-24/h6,8,15-16,18-20,22,25H,2-5,7,9-12H2,1H3/t15-,16?,18?,19?,20?,22?,23+,24+/m1/s1. The lowest BCUT2D eigenvalue weighted by Crippen LogP contribution is -2.56. The van der Waals surface area contributed by atoms with Crippen LogP contribution < -0.4 is 0 Å². The Morgan fingerprint density at radius 3 is 2.79 bits per heavy atom. The zero-order valence-corrected chi connectivity index (χ0v) is 16.7. The lowest BCUT2D eigenvalue weighted by atomic mass is 9.47. The van der Waals surface area contributed by atoms with Crippen molar-refractivity contribution >= 4 is 11.8 Å². The summed E-state index contributed by atoms with van der Waals surface area (Å²) in [7, 11) is 0. The summed E-state index contributed by atoms with van der Waals surface area (Å²) < 4.78 is 6.12. The minimum absolute atomic E-state index is 0.0625. The van der Waals surface area contributed by atoms with E-state index < -0.39 is 0 Å². The van der Waals surface area contributed by atoms with Gasteiger partial charge in [0.15, 0.2) is 0 Å². The minimum atomic E-state index is -0.370. The molecular weight excluding hydrogens is 352 g/mol. The van der Waals surface area contributed by atoms with Gasteiger partial charge in [-0.25, -0.2) is 4.79 Å². The predicted molar refractivity (Wildman–Crippen MR) is 103 cm³/mol. The Morgan fingerprint density at radius 1 is 1.21 bits per heavy atom. The van der Waals surface area contributed by atoms with Crippen LogP contribution in [0.2, 0.25) is 0 Å². The van der Waals surface area contributed by atoms with E-state index in [1.54, 1.807) is 6.08 Å². The highest BCUT2D eigenvalue weighted by Gasteiger charge is 2.78. The average Bonchev–Trinajstić information content (AvgIpc) is 3.34. The van der Waals surface area contributed by atoms with Gasteiger partial charge in [-0.2, -0.15) is 0 Å². The Bertz CT molecular complexity index is 824. The van der Waals surface area contributed by atoms with E-state index in [4.69, 9.17) is 4.74 Å². The Morgan fingerprint density at radius 2 is 2.07 bits per heavy atom. The quantitative estimate of drug-likeness (QED) is 0.586. The van der Waals surface area contributed by atoms with Crippen LogP contribution in [0.4, 0.5) is 0 Å². The van der Waals surface area contributed by atoms with Crippen molar-refractivity contribution < 1.29 is 19.4 Å². The van der Waals surface area contributed by atoms with Crippen molar-refractivity contribution in [1.29, 1.82) is 0 Å². The average molecular weight is 383 g/mol. The molecule has 0 aromatic carbocycles. The number of rotatable bonds is 2. The maximum absolute atomic E-state index is 12.1. The Balaban J connectivity index is 1.43. The van der Waals surface area contributed by atoms with Crippen LogP contribution in [0.1, 0.15) is 58.3 Å². The first kappa shape index (κ1) is 17.4. The molecule has 4 heteroatoms. The molecule has 0 aromatic rings. The van der Waals surface area contributed by atoms with Gasteiger partial charge in [-0.1, -0.05) is 12.5 Å². The number of ether oxygens (including phenoxy) is 1. The van der Waals surface area contributed by atoms with E-state index in [0.29, 0.717) is 54.1 Å². The highest BCUT2D eigenvalue weighted by molar-refractivity contribution is 5.86. The molecule has 4 fully saturated rings. The van der Waals surface area contributed by atoms with E-state index in [0.717, 1.165) is 31.3 Å². The third-order valence-corrected chi connectivity index (χ3v) is 9.78. The molecule has 4 saturated carbocycles. The van der Waals surface area contributed by atoms with Crippen LogP contribution in [0.5, 0.6) is 0 Å². The Kier molecular flexibility index (Phi) is 3.48. The van der Waals surface area contributed by atoms with Crippen molar-refractivity contribution in [1.82, 2.24) is 0 Å². The first-order valence-corrected chi connectivity index (χ1v) is 11.3. The fourth-order valence-electron chi connectivity index (χ4n) is 8.86. The lowest BCUT2D eigenvalue weighted by Gasteiger charge is -2.58. The molecule has 0 bridgehead atoms. The number of carbonyl (C=O) groups excluding carboxylic acids is 2. The molecule has 4 nitrogen and oxygen atoms in total. The number of hydrogen-bond acceptors (Lipinski definition) is 4. The van der Waals surface area contributed by atoms with Gasteiger partial charge >= 0.3 is 5.97 Å². The predicted octanol–water partition coefficient (Wildman–Crippen LogP) is 3.59. The molecule has 8 atom stereocenters. The van der Waals surface area contributed by atoms with Crippen LogP contribution in [0.15, 0.2) is 23.3 Å². The first-order chi connectivity index (χ1) is 13.5. The molecule has 1 spiro atoms. The summed E-state index contributed by atoms with van der Waals surface area (Å²) in [5.74, 6) is 3.63. The van der Waals surface area contributed by atoms with Gasteiger partial charge in [0.05, 0.1) is 6.61 Å². The Hall–Kier alpha value is -1.42. The van der Waals surface area contributed by atoms with Gasteiger partial charge in [0.25, 0.3) is 0 Å². The summed E-state index contributed by atoms with van der Waals surface area (Å²) in [5, 5.41) is 10.1. The normalized spacial score (nSPS) is 50.9. The van der Waals surface area contributed by atoms with Crippen LogP contribution in [0, 0.1) is 40.9 Å². The maximum Gasteiger partial charge on any atom is 0.331 e. The van der Waals surface area contributed by atoms with Crippen molar-refractivity contribution in [3.8, 4) is 0 Å². The van der Waals surface area contributed by atoms with Crippen LogP contribution >= 0.6 is 0 Å². The number of Topliss-reactive ketones (excluding diaryl/α,β-unsaturated/α-hetero) is 1. The lowest BCUT2D eigenvalue weighted by molar-refractivity contribution is -0.171. The van der Waals surface area contributed by atoms with Crippen molar-refractivity contribution in [3.05, 3.63) is 23.3 Å². The van der Waals surface area contributed by atoms with Crippen molar-refractivity contribution in [2.45, 2.75) is 63.9 Å². The number of carbonyl (C=O) groups is 2. The van der Waals surface area contributed by atoms with Crippen LogP contribution in [-0.2, 0) is 14.3 Å². The maximum atomic E-state index is 12.1. The zero-order valence-electron chi connectivity index (χ0n) is 16.7. The van der Waals surface area contributed by atoms with Gasteiger partial charge in [0.1, 0.15) is 11.4 Å². The van der Waals surface area contributed by atoms with E-state index in [1.807, 2.05) is 0 Å². The topological polar surface area (TPSA) is 63.6 Å². The minimum Gasteiger partial charge on any atom is -0.451 e. The van der Waals surface area contributed by atoms with Crippen molar-refractivity contribution in [2.24, 2.45) is 40.9 Å². The van der Waals surface area contributed by atoms with E-state index >= 15 is 0 Å². The number of hydrogen-bond donors (Lipinski definition) is 1. The number of ketones is 1. The van der Waals surface area contributed by atoms with Crippen molar-refractivity contribution in [2.75, 3.05) is 6.61 Å². The molecule has 0 amide bonds. The fraction of sp³-hybridized carbons (Fsp3) is 0.750. The van der Waals surface area contributed by atoms with Crippen LogP contribution in [0.3, 0.4) is 0 Å². The summed E-state index contributed by atoms with van der Waals surface area (Å²) in [6.07, 6.45) is 11.5. The summed E-state index contributed by atoms with van der Waals surface area (Å²) in [6, 6.07) is 0. The molecule has 0 saturated heterocycles. The number of allylic oxidation sites excluding steroid dienone is 1. The van der Waals surface area contributed by atoms with E-state index in [-0.39, 0.29) is 23.6 Å². The molecule has 5 aliphatic carbocycles. The number of esters is 1. The molecule has 28 heavy (non-hydrogen) atoms. The molecule has 6 rings (SSSR count). The molecule has 1 heterocycles. The van der Waals surface area contributed by atoms with E-state index in [9.17, 15) is 14.7 Å². The fourth-order valence-corrected chi connectivity index (χ4v) is 8.86. The summed E-state index contributed by atoms with van der Waals surface area (Å²) in [4.78, 5) is 24.2. The van der Waals surface area contributed by atoms with Crippen LogP contribution in [0.25, 0.3) is 0 Å². The SMILES string of the molecule is CC[C@]12CCC3C(CC(CO)=C4CC(=O)CC[C@@H]43)C1C1CC1[C@@]21C=CC(=O)O1. The van der Waals surface area contributed by atoms with Crippen LogP contribution in [-0.4, -0.2) is 29.1 Å². The van der Waals surface area contributed by atoms with E-state index in [1.165, 1.54) is 18.4 Å². The number of fused-ring (bicyclic) bond motifs is 9. The van der Waals surface area contributed by atoms with E-state index in [2.05, 4.69) is 13.0 Å². The van der Waals surface area contributed by atoms with Gasteiger partial charge in [0.2, 0.25) is 0 Å². The second kappa shape index (κ2) is 5.59. The number of aliphatic hydroxyl groups is 1. The zero-order chi connectivity index (χ0) is 19.3. The summed E-state index contributed by atoms with van der Waals surface area (Å²) in [5.41, 5.74) is 2.14. The van der Waals surface area contributed by atoms with Gasteiger partial charge in [-0.05, 0) is 79.8 Å².